The number of nitrogens with zero attached hydrogens (tertiary/aromatic N) is 1. The van der Waals surface area contributed by atoms with E-state index in [-0.39, 0.29) is 18.6 Å². The normalized spacial score (nSPS) is 20.4. The molecule has 2 atom stereocenters. The number of aryl methyl sites for hydroxylation is 1. The van der Waals surface area contributed by atoms with Gasteiger partial charge in [-0.1, -0.05) is 24.3 Å². The minimum Gasteiger partial charge on any atom is -0.396 e. The molecule has 1 fully saturated rings. The molecular formula is C17H26N2O2. The molecule has 1 aromatic carbocycles. The Bertz CT molecular complexity index is 476. The molecule has 21 heavy (non-hydrogen) atoms. The lowest BCUT2D eigenvalue weighted by Crippen LogP contribution is -2.44. The molecule has 1 aromatic rings. The van der Waals surface area contributed by atoms with Crippen molar-refractivity contribution in [3.05, 3.63) is 35.4 Å². The van der Waals surface area contributed by atoms with Crippen LogP contribution >= 0.6 is 0 Å². The van der Waals surface area contributed by atoms with Gasteiger partial charge in [-0.25, -0.2) is 0 Å². The van der Waals surface area contributed by atoms with Crippen LogP contribution in [0.3, 0.4) is 0 Å². The molecule has 1 saturated heterocycles. The summed E-state index contributed by atoms with van der Waals surface area (Å²) in [5.41, 5.74) is 2.55. The van der Waals surface area contributed by atoms with Crippen molar-refractivity contribution >= 4 is 5.91 Å². The second-order valence-corrected chi connectivity index (χ2v) is 5.98. The summed E-state index contributed by atoms with van der Waals surface area (Å²) in [4.78, 5) is 14.3. The lowest BCUT2D eigenvalue weighted by molar-refractivity contribution is -0.125. The third-order valence-corrected chi connectivity index (χ3v) is 4.46. The molecule has 0 aromatic heterocycles. The summed E-state index contributed by atoms with van der Waals surface area (Å²) in [6.07, 6.45) is 1.85. The number of aliphatic hydroxyl groups excluding tert-OH is 1. The number of hydrogen-bond donors (Lipinski definition) is 2. The van der Waals surface area contributed by atoms with Crippen molar-refractivity contribution in [2.75, 3.05) is 26.2 Å². The molecular weight excluding hydrogens is 264 g/mol. The van der Waals surface area contributed by atoms with E-state index in [1.807, 2.05) is 19.1 Å². The van der Waals surface area contributed by atoms with Gasteiger partial charge >= 0.3 is 0 Å². The Morgan fingerprint density at radius 3 is 2.90 bits per heavy atom. The molecule has 2 N–H and O–H groups in total. The summed E-state index contributed by atoms with van der Waals surface area (Å²) in [5.74, 6) is 0.411. The third kappa shape index (κ3) is 4.29. The highest BCUT2D eigenvalue weighted by Crippen LogP contribution is 2.17. The Morgan fingerprint density at radius 2 is 2.24 bits per heavy atom. The van der Waals surface area contributed by atoms with Crippen molar-refractivity contribution in [1.82, 2.24) is 10.2 Å². The molecule has 0 spiro atoms. The molecule has 0 saturated carbocycles. The lowest BCUT2D eigenvalue weighted by atomic mass is 10.1. The van der Waals surface area contributed by atoms with Gasteiger partial charge in [-0.05, 0) is 50.3 Å². The molecule has 4 nitrogen and oxygen atoms in total. The number of rotatable bonds is 6. The fourth-order valence-electron chi connectivity index (χ4n) is 2.89. The van der Waals surface area contributed by atoms with Gasteiger partial charge in [0.25, 0.3) is 0 Å². The first-order chi connectivity index (χ1) is 10.1. The van der Waals surface area contributed by atoms with E-state index < -0.39 is 0 Å². The molecule has 1 amide bonds. The highest BCUT2D eigenvalue weighted by molar-refractivity contribution is 5.81. The number of benzene rings is 1. The monoisotopic (exact) mass is 290 g/mol. The maximum atomic E-state index is 12.2. The van der Waals surface area contributed by atoms with Crippen LogP contribution in [0.4, 0.5) is 0 Å². The Hall–Kier alpha value is -1.39. The molecule has 0 aliphatic carbocycles. The summed E-state index contributed by atoms with van der Waals surface area (Å²) in [5, 5.41) is 12.2. The van der Waals surface area contributed by atoms with Crippen LogP contribution in [-0.4, -0.2) is 48.2 Å². The molecule has 1 aliphatic rings. The number of aliphatic hydroxyl groups is 1. The number of amides is 1. The zero-order valence-corrected chi connectivity index (χ0v) is 13.0. The van der Waals surface area contributed by atoms with Crippen molar-refractivity contribution in [2.45, 2.75) is 32.7 Å². The highest BCUT2D eigenvalue weighted by atomic mass is 16.3. The van der Waals surface area contributed by atoms with Crippen LogP contribution in [0.1, 0.15) is 24.5 Å². The zero-order valence-electron chi connectivity index (χ0n) is 13.0. The Labute approximate surface area is 127 Å². The maximum Gasteiger partial charge on any atom is 0.237 e. The summed E-state index contributed by atoms with van der Waals surface area (Å²) in [7, 11) is 0. The van der Waals surface area contributed by atoms with Gasteiger partial charge in [-0.15, -0.1) is 0 Å². The van der Waals surface area contributed by atoms with E-state index in [9.17, 15) is 9.90 Å². The minimum absolute atomic E-state index is 0.0853. The van der Waals surface area contributed by atoms with Crippen LogP contribution in [0.5, 0.6) is 0 Å². The predicted octanol–water partition coefficient (Wildman–Crippen LogP) is 1.36. The van der Waals surface area contributed by atoms with Gasteiger partial charge in [0, 0.05) is 19.7 Å². The first-order valence-electron chi connectivity index (χ1n) is 7.79. The number of hydrogen-bond acceptors (Lipinski definition) is 3. The number of nitrogens with one attached hydrogen (secondary N) is 1. The van der Waals surface area contributed by atoms with Gasteiger partial charge < -0.3 is 10.4 Å². The van der Waals surface area contributed by atoms with Gasteiger partial charge in [0.15, 0.2) is 0 Å². The average Bonchev–Trinajstić information content (AvgIpc) is 2.97. The van der Waals surface area contributed by atoms with E-state index in [0.717, 1.165) is 25.9 Å². The van der Waals surface area contributed by atoms with Crippen molar-refractivity contribution in [2.24, 2.45) is 5.92 Å². The third-order valence-electron chi connectivity index (χ3n) is 4.46. The van der Waals surface area contributed by atoms with Crippen molar-refractivity contribution in [1.29, 1.82) is 0 Å². The first-order valence-corrected chi connectivity index (χ1v) is 7.79. The number of likely N-dealkylation sites (tertiary alicyclic amines) is 1. The molecule has 0 radical (unpaired) electrons. The number of carbonyl (C=O) groups is 1. The fourth-order valence-corrected chi connectivity index (χ4v) is 2.89. The summed E-state index contributed by atoms with van der Waals surface area (Å²) >= 11 is 0. The maximum absolute atomic E-state index is 12.2. The topological polar surface area (TPSA) is 52.6 Å². The SMILES string of the molecule is Cc1ccccc1CCNC(=O)[C@@H](C)N1CC[C@@H](CO)C1. The summed E-state index contributed by atoms with van der Waals surface area (Å²) in [6, 6.07) is 8.16. The molecule has 1 aliphatic heterocycles. The van der Waals surface area contributed by atoms with Crippen molar-refractivity contribution in [3.8, 4) is 0 Å². The van der Waals surface area contributed by atoms with Gasteiger partial charge in [0.05, 0.1) is 6.04 Å². The van der Waals surface area contributed by atoms with E-state index in [2.05, 4.69) is 29.3 Å². The summed E-state index contributed by atoms with van der Waals surface area (Å²) in [6.45, 7) is 6.66. The largest absolute Gasteiger partial charge is 0.396 e. The van der Waals surface area contributed by atoms with E-state index in [1.54, 1.807) is 0 Å². The average molecular weight is 290 g/mol. The molecule has 4 heteroatoms. The first kappa shape index (κ1) is 16.0. The fraction of sp³-hybridized carbons (Fsp3) is 0.588. The Morgan fingerprint density at radius 1 is 1.48 bits per heavy atom. The smallest absolute Gasteiger partial charge is 0.237 e. The highest BCUT2D eigenvalue weighted by Gasteiger charge is 2.28. The van der Waals surface area contributed by atoms with Crippen LogP contribution in [-0.2, 0) is 11.2 Å². The quantitative estimate of drug-likeness (QED) is 0.832. The van der Waals surface area contributed by atoms with Gasteiger partial charge in [-0.3, -0.25) is 9.69 Å². The van der Waals surface area contributed by atoms with Gasteiger partial charge in [0.2, 0.25) is 5.91 Å². The van der Waals surface area contributed by atoms with Crippen molar-refractivity contribution in [3.63, 3.8) is 0 Å². The molecule has 116 valence electrons. The second-order valence-electron chi connectivity index (χ2n) is 5.98. The second kappa shape index (κ2) is 7.57. The van der Waals surface area contributed by atoms with Crippen LogP contribution in [0, 0.1) is 12.8 Å². The molecule has 0 unspecified atom stereocenters. The zero-order chi connectivity index (χ0) is 15.2. The van der Waals surface area contributed by atoms with Crippen LogP contribution < -0.4 is 5.32 Å². The Balaban J connectivity index is 1.76. The van der Waals surface area contributed by atoms with E-state index in [4.69, 9.17) is 0 Å². The van der Waals surface area contributed by atoms with Crippen LogP contribution in [0.25, 0.3) is 0 Å². The molecule has 2 rings (SSSR count). The van der Waals surface area contributed by atoms with Crippen molar-refractivity contribution < 1.29 is 9.90 Å². The minimum atomic E-state index is -0.113. The number of carbonyl (C=O) groups excluding carboxylic acids is 1. The lowest BCUT2D eigenvalue weighted by Gasteiger charge is -2.23. The predicted molar refractivity (Wildman–Crippen MR) is 84.1 cm³/mol. The van der Waals surface area contributed by atoms with Crippen LogP contribution in [0.15, 0.2) is 24.3 Å². The summed E-state index contributed by atoms with van der Waals surface area (Å²) < 4.78 is 0. The van der Waals surface area contributed by atoms with E-state index in [0.29, 0.717) is 12.5 Å². The molecule has 1 heterocycles. The van der Waals surface area contributed by atoms with E-state index in [1.165, 1.54) is 11.1 Å². The van der Waals surface area contributed by atoms with E-state index >= 15 is 0 Å². The molecule has 0 bridgehead atoms. The Kier molecular flexibility index (Phi) is 5.76. The van der Waals surface area contributed by atoms with Gasteiger partial charge in [-0.2, -0.15) is 0 Å². The van der Waals surface area contributed by atoms with Crippen LogP contribution in [0.2, 0.25) is 0 Å². The standard InChI is InChI=1S/C17H26N2O2/c1-13-5-3-4-6-16(13)7-9-18-17(21)14(2)19-10-8-15(11-19)12-20/h3-6,14-15,20H,7-12H2,1-2H3,(H,18,21)/t14-,15-/m1/s1. The van der Waals surface area contributed by atoms with Gasteiger partial charge in [0.1, 0.15) is 0 Å².